The third kappa shape index (κ3) is 4.34. The van der Waals surface area contributed by atoms with Crippen LogP contribution in [0.5, 0.6) is 5.75 Å². The Kier molecular flexibility index (Phi) is 3.85. The second kappa shape index (κ2) is 5.57. The SMILES string of the molecule is NC(=O)CCOc1ccc(NCC2CC2)cc1. The molecular weight excluding hydrogens is 216 g/mol. The molecule has 0 saturated heterocycles. The molecule has 0 spiro atoms. The van der Waals surface area contributed by atoms with E-state index in [1.54, 1.807) is 0 Å². The van der Waals surface area contributed by atoms with Crippen molar-refractivity contribution < 1.29 is 9.53 Å². The van der Waals surface area contributed by atoms with Crippen LogP contribution in [0.4, 0.5) is 5.69 Å². The molecule has 0 radical (unpaired) electrons. The zero-order valence-electron chi connectivity index (χ0n) is 9.82. The van der Waals surface area contributed by atoms with Crippen molar-refractivity contribution in [3.8, 4) is 5.75 Å². The van der Waals surface area contributed by atoms with Crippen LogP contribution in [-0.4, -0.2) is 19.1 Å². The van der Waals surface area contributed by atoms with Gasteiger partial charge in [-0.05, 0) is 43.0 Å². The second-order valence-corrected chi connectivity index (χ2v) is 4.41. The van der Waals surface area contributed by atoms with Crippen molar-refractivity contribution >= 4 is 11.6 Å². The van der Waals surface area contributed by atoms with E-state index in [1.165, 1.54) is 12.8 Å². The second-order valence-electron chi connectivity index (χ2n) is 4.41. The standard InChI is InChI=1S/C13H18N2O2/c14-13(16)7-8-17-12-5-3-11(4-6-12)15-9-10-1-2-10/h3-6,10,15H,1-2,7-9H2,(H2,14,16). The predicted octanol–water partition coefficient (Wildman–Crippen LogP) is 1.76. The molecule has 17 heavy (non-hydrogen) atoms. The van der Waals surface area contributed by atoms with Crippen LogP contribution >= 0.6 is 0 Å². The van der Waals surface area contributed by atoms with Crippen LogP contribution in [0.15, 0.2) is 24.3 Å². The molecule has 0 aliphatic heterocycles. The minimum absolute atomic E-state index is 0.252. The number of carbonyl (C=O) groups is 1. The third-order valence-electron chi connectivity index (χ3n) is 2.76. The molecule has 1 aromatic rings. The minimum atomic E-state index is -0.340. The molecule has 1 aliphatic rings. The van der Waals surface area contributed by atoms with E-state index >= 15 is 0 Å². The normalized spacial score (nSPS) is 14.4. The highest BCUT2D eigenvalue weighted by Crippen LogP contribution is 2.29. The first kappa shape index (κ1) is 11.8. The molecule has 92 valence electrons. The van der Waals surface area contributed by atoms with Crippen LogP contribution in [0.1, 0.15) is 19.3 Å². The smallest absolute Gasteiger partial charge is 0.220 e. The summed E-state index contributed by atoms with van der Waals surface area (Å²) in [5.74, 6) is 1.29. The van der Waals surface area contributed by atoms with Crippen molar-refractivity contribution in [3.63, 3.8) is 0 Å². The summed E-state index contributed by atoms with van der Waals surface area (Å²) in [5, 5.41) is 3.38. The van der Waals surface area contributed by atoms with Crippen molar-refractivity contribution in [2.45, 2.75) is 19.3 Å². The van der Waals surface area contributed by atoms with Gasteiger partial charge in [-0.25, -0.2) is 0 Å². The van der Waals surface area contributed by atoms with E-state index in [4.69, 9.17) is 10.5 Å². The summed E-state index contributed by atoms with van der Waals surface area (Å²) < 4.78 is 5.38. The lowest BCUT2D eigenvalue weighted by molar-refractivity contribution is -0.118. The Bertz CT molecular complexity index is 372. The molecule has 1 aliphatic carbocycles. The Morgan fingerprint density at radius 3 is 2.65 bits per heavy atom. The number of nitrogens with one attached hydrogen (secondary N) is 1. The van der Waals surface area contributed by atoms with Crippen LogP contribution < -0.4 is 15.8 Å². The summed E-state index contributed by atoms with van der Waals surface area (Å²) in [4.78, 5) is 10.5. The minimum Gasteiger partial charge on any atom is -0.493 e. The van der Waals surface area contributed by atoms with Gasteiger partial charge in [-0.2, -0.15) is 0 Å². The maximum atomic E-state index is 10.5. The van der Waals surface area contributed by atoms with Gasteiger partial charge < -0.3 is 15.8 Å². The highest BCUT2D eigenvalue weighted by atomic mass is 16.5. The Morgan fingerprint density at radius 2 is 2.06 bits per heavy atom. The summed E-state index contributed by atoms with van der Waals surface area (Å²) in [6.07, 6.45) is 2.95. The van der Waals surface area contributed by atoms with E-state index in [-0.39, 0.29) is 12.3 Å². The van der Waals surface area contributed by atoms with Crippen molar-refractivity contribution in [2.75, 3.05) is 18.5 Å². The molecule has 0 bridgehead atoms. The number of primary amides is 1. The highest BCUT2D eigenvalue weighted by molar-refractivity contribution is 5.73. The fourth-order valence-corrected chi connectivity index (χ4v) is 1.52. The molecule has 1 aromatic carbocycles. The number of nitrogens with two attached hydrogens (primary N) is 1. The lowest BCUT2D eigenvalue weighted by atomic mass is 10.3. The fraction of sp³-hybridized carbons (Fsp3) is 0.462. The van der Waals surface area contributed by atoms with Gasteiger partial charge in [-0.1, -0.05) is 0 Å². The molecule has 0 unspecified atom stereocenters. The number of rotatable bonds is 7. The lowest BCUT2D eigenvalue weighted by Gasteiger charge is -2.07. The molecule has 0 aromatic heterocycles. The number of hydrogen-bond acceptors (Lipinski definition) is 3. The van der Waals surface area contributed by atoms with Crippen molar-refractivity contribution in [3.05, 3.63) is 24.3 Å². The predicted molar refractivity (Wildman–Crippen MR) is 67.0 cm³/mol. The van der Waals surface area contributed by atoms with Gasteiger partial charge in [0.15, 0.2) is 0 Å². The monoisotopic (exact) mass is 234 g/mol. The van der Waals surface area contributed by atoms with Gasteiger partial charge in [0.1, 0.15) is 5.75 Å². The van der Waals surface area contributed by atoms with Gasteiger partial charge in [0.2, 0.25) is 5.91 Å². The van der Waals surface area contributed by atoms with E-state index in [0.717, 1.165) is 23.9 Å². The molecule has 0 heterocycles. The van der Waals surface area contributed by atoms with Crippen molar-refractivity contribution in [2.24, 2.45) is 11.7 Å². The van der Waals surface area contributed by atoms with Crippen LogP contribution in [0, 0.1) is 5.92 Å². The highest BCUT2D eigenvalue weighted by Gasteiger charge is 2.20. The number of benzene rings is 1. The molecule has 1 amide bonds. The van der Waals surface area contributed by atoms with Gasteiger partial charge in [-0.3, -0.25) is 4.79 Å². The Hall–Kier alpha value is -1.71. The fourth-order valence-electron chi connectivity index (χ4n) is 1.52. The first-order valence-electron chi connectivity index (χ1n) is 5.99. The number of ether oxygens (including phenoxy) is 1. The summed E-state index contributed by atoms with van der Waals surface area (Å²) >= 11 is 0. The Labute approximate surface area is 101 Å². The Morgan fingerprint density at radius 1 is 1.35 bits per heavy atom. The third-order valence-corrected chi connectivity index (χ3v) is 2.76. The summed E-state index contributed by atoms with van der Waals surface area (Å²) in [6, 6.07) is 7.77. The molecule has 4 heteroatoms. The molecule has 4 nitrogen and oxygen atoms in total. The summed E-state index contributed by atoms with van der Waals surface area (Å²) in [7, 11) is 0. The van der Waals surface area contributed by atoms with Gasteiger partial charge >= 0.3 is 0 Å². The first-order chi connectivity index (χ1) is 8.24. The van der Waals surface area contributed by atoms with Gasteiger partial charge in [-0.15, -0.1) is 0 Å². The number of amides is 1. The summed E-state index contributed by atoms with van der Waals surface area (Å²) in [6.45, 7) is 1.39. The van der Waals surface area contributed by atoms with Crippen LogP contribution in [0.25, 0.3) is 0 Å². The van der Waals surface area contributed by atoms with Crippen LogP contribution in [0.2, 0.25) is 0 Å². The first-order valence-corrected chi connectivity index (χ1v) is 5.99. The average Bonchev–Trinajstić information content (AvgIpc) is 3.11. The van der Waals surface area contributed by atoms with Gasteiger partial charge in [0, 0.05) is 12.2 Å². The van der Waals surface area contributed by atoms with Crippen molar-refractivity contribution in [1.82, 2.24) is 0 Å². The van der Waals surface area contributed by atoms with Crippen LogP contribution in [-0.2, 0) is 4.79 Å². The molecular formula is C13H18N2O2. The number of anilines is 1. The molecule has 3 N–H and O–H groups in total. The van der Waals surface area contributed by atoms with E-state index in [1.807, 2.05) is 24.3 Å². The van der Waals surface area contributed by atoms with Gasteiger partial charge in [0.25, 0.3) is 0 Å². The quantitative estimate of drug-likeness (QED) is 0.755. The number of carbonyl (C=O) groups excluding carboxylic acids is 1. The Balaban J connectivity index is 1.73. The number of hydrogen-bond donors (Lipinski definition) is 2. The molecule has 1 fully saturated rings. The van der Waals surface area contributed by atoms with E-state index in [9.17, 15) is 4.79 Å². The van der Waals surface area contributed by atoms with Crippen LogP contribution in [0.3, 0.4) is 0 Å². The molecule has 0 atom stereocenters. The zero-order valence-corrected chi connectivity index (χ0v) is 9.82. The van der Waals surface area contributed by atoms with Crippen molar-refractivity contribution in [1.29, 1.82) is 0 Å². The molecule has 1 saturated carbocycles. The maximum absolute atomic E-state index is 10.5. The zero-order chi connectivity index (χ0) is 12.1. The van der Waals surface area contributed by atoms with E-state index < -0.39 is 0 Å². The topological polar surface area (TPSA) is 64.4 Å². The molecule has 2 rings (SSSR count). The maximum Gasteiger partial charge on any atom is 0.220 e. The van der Waals surface area contributed by atoms with E-state index in [2.05, 4.69) is 5.32 Å². The summed E-state index contributed by atoms with van der Waals surface area (Å²) in [5.41, 5.74) is 6.14. The lowest BCUT2D eigenvalue weighted by Crippen LogP contribution is -2.14. The largest absolute Gasteiger partial charge is 0.493 e. The van der Waals surface area contributed by atoms with E-state index in [0.29, 0.717) is 6.61 Å². The average molecular weight is 234 g/mol. The van der Waals surface area contributed by atoms with Gasteiger partial charge in [0.05, 0.1) is 13.0 Å².